The largest absolute Gasteiger partial charge is 0.466 e. The number of aldehydes is 1. The molecule has 0 aliphatic heterocycles. The van der Waals surface area contributed by atoms with Gasteiger partial charge in [-0.2, -0.15) is 0 Å². The Morgan fingerprint density at radius 3 is 2.48 bits per heavy atom. The zero-order chi connectivity index (χ0) is 16.9. The first-order valence-electron chi connectivity index (χ1n) is 8.84. The first-order chi connectivity index (χ1) is 10.9. The molecule has 0 N–H and O–H groups in total. The summed E-state index contributed by atoms with van der Waals surface area (Å²) in [6, 6.07) is 0. The number of rotatable bonds is 5. The number of methoxy groups -OCH3 is 1. The Morgan fingerprint density at radius 1 is 1.30 bits per heavy atom. The van der Waals surface area contributed by atoms with E-state index in [2.05, 4.69) is 39.8 Å². The van der Waals surface area contributed by atoms with Crippen LogP contribution in [0.1, 0.15) is 40.5 Å². The molecule has 3 heteroatoms. The minimum absolute atomic E-state index is 0.240. The monoisotopic (exact) mass is 316 g/mol. The number of hydrogen-bond donors (Lipinski definition) is 0. The normalized spacial score (nSPS) is 37.9. The van der Waals surface area contributed by atoms with Crippen molar-refractivity contribution in [2.75, 3.05) is 7.11 Å². The molecule has 5 atom stereocenters. The third-order valence-corrected chi connectivity index (χ3v) is 6.14. The van der Waals surface area contributed by atoms with Crippen LogP contribution in [0.4, 0.5) is 0 Å². The molecule has 0 radical (unpaired) electrons. The molecule has 3 aliphatic carbocycles. The van der Waals surface area contributed by atoms with E-state index in [4.69, 9.17) is 4.74 Å². The molecule has 0 aromatic rings. The highest BCUT2D eigenvalue weighted by molar-refractivity contribution is 5.97. The molecule has 0 spiro atoms. The van der Waals surface area contributed by atoms with Crippen LogP contribution in [0.5, 0.6) is 0 Å². The van der Waals surface area contributed by atoms with E-state index in [9.17, 15) is 9.59 Å². The number of allylic oxidation sites excluding steroid dienone is 3. The highest BCUT2D eigenvalue weighted by atomic mass is 16.5. The van der Waals surface area contributed by atoms with E-state index >= 15 is 0 Å². The lowest BCUT2D eigenvalue weighted by atomic mass is 9.64. The smallest absolute Gasteiger partial charge is 0.334 e. The summed E-state index contributed by atoms with van der Waals surface area (Å²) in [5.74, 6) is 1.80. The van der Waals surface area contributed by atoms with Crippen molar-refractivity contribution in [1.82, 2.24) is 0 Å². The van der Waals surface area contributed by atoms with E-state index in [0.717, 1.165) is 19.1 Å². The van der Waals surface area contributed by atoms with Gasteiger partial charge in [-0.05, 0) is 48.3 Å². The molecule has 0 unspecified atom stereocenters. The van der Waals surface area contributed by atoms with Gasteiger partial charge >= 0.3 is 5.97 Å². The molecule has 0 aromatic carbocycles. The van der Waals surface area contributed by atoms with Crippen LogP contribution in [-0.4, -0.2) is 19.4 Å². The Bertz CT molecular complexity index is 584. The second-order valence-corrected chi connectivity index (χ2v) is 8.23. The molecular weight excluding hydrogens is 288 g/mol. The first-order valence-corrected chi connectivity index (χ1v) is 8.84. The molecule has 1 saturated carbocycles. The van der Waals surface area contributed by atoms with E-state index in [0.29, 0.717) is 29.2 Å². The maximum absolute atomic E-state index is 12.7. The van der Waals surface area contributed by atoms with Gasteiger partial charge in [-0.1, -0.05) is 45.4 Å². The molecule has 0 amide bonds. The van der Waals surface area contributed by atoms with E-state index in [1.807, 2.05) is 0 Å². The van der Waals surface area contributed by atoms with E-state index in [1.165, 1.54) is 12.7 Å². The standard InChI is InChI=1S/C20H28O3/c1-11(2)9-20(10-21)17-14-7-6-13(8-14)16(17)15(12(3)4)18(20)19(22)23-5/h6-7,10-14,16-17H,8-9H2,1-5H3/t13-,14+,16+,17+,20+/m1/s1. The lowest BCUT2D eigenvalue weighted by Crippen LogP contribution is -2.39. The number of esters is 1. The molecular formula is C20H28O3. The van der Waals surface area contributed by atoms with Crippen LogP contribution in [0.15, 0.2) is 23.3 Å². The Labute approximate surface area is 139 Å². The number of hydrogen-bond acceptors (Lipinski definition) is 3. The fourth-order valence-electron chi connectivity index (χ4n) is 5.73. The van der Waals surface area contributed by atoms with Crippen molar-refractivity contribution in [2.24, 2.45) is 40.9 Å². The van der Waals surface area contributed by atoms with Gasteiger partial charge < -0.3 is 9.53 Å². The van der Waals surface area contributed by atoms with Gasteiger partial charge in [-0.15, -0.1) is 0 Å². The van der Waals surface area contributed by atoms with Gasteiger partial charge in [0.25, 0.3) is 0 Å². The quantitative estimate of drug-likeness (QED) is 0.440. The zero-order valence-electron chi connectivity index (χ0n) is 14.8. The lowest BCUT2D eigenvalue weighted by Gasteiger charge is -2.37. The summed E-state index contributed by atoms with van der Waals surface area (Å²) in [4.78, 5) is 25.1. The summed E-state index contributed by atoms with van der Waals surface area (Å²) >= 11 is 0. The Kier molecular flexibility index (Phi) is 4.02. The average Bonchev–Trinajstić information content (AvgIpc) is 3.16. The summed E-state index contributed by atoms with van der Waals surface area (Å²) < 4.78 is 5.13. The van der Waals surface area contributed by atoms with Crippen molar-refractivity contribution in [1.29, 1.82) is 0 Å². The van der Waals surface area contributed by atoms with Gasteiger partial charge in [-0.25, -0.2) is 4.79 Å². The minimum Gasteiger partial charge on any atom is -0.466 e. The topological polar surface area (TPSA) is 43.4 Å². The fraction of sp³-hybridized carbons (Fsp3) is 0.700. The van der Waals surface area contributed by atoms with Crippen molar-refractivity contribution < 1.29 is 14.3 Å². The van der Waals surface area contributed by atoms with Crippen molar-refractivity contribution >= 4 is 12.3 Å². The van der Waals surface area contributed by atoms with Crippen LogP contribution >= 0.6 is 0 Å². The molecule has 3 aliphatic rings. The number of carbonyl (C=O) groups is 2. The van der Waals surface area contributed by atoms with Gasteiger partial charge in [0.2, 0.25) is 0 Å². The molecule has 3 nitrogen and oxygen atoms in total. The van der Waals surface area contributed by atoms with Crippen LogP contribution in [0.2, 0.25) is 0 Å². The Hall–Kier alpha value is -1.38. The summed E-state index contributed by atoms with van der Waals surface area (Å²) in [5, 5.41) is 0. The van der Waals surface area contributed by atoms with Gasteiger partial charge in [0.15, 0.2) is 0 Å². The van der Waals surface area contributed by atoms with Crippen LogP contribution < -0.4 is 0 Å². The molecule has 3 rings (SSSR count). The van der Waals surface area contributed by atoms with Crippen LogP contribution in [0.25, 0.3) is 0 Å². The molecule has 126 valence electrons. The van der Waals surface area contributed by atoms with E-state index in [-0.39, 0.29) is 17.8 Å². The van der Waals surface area contributed by atoms with Crippen molar-refractivity contribution in [3.8, 4) is 0 Å². The first kappa shape index (κ1) is 16.5. The van der Waals surface area contributed by atoms with E-state index < -0.39 is 5.41 Å². The van der Waals surface area contributed by atoms with Crippen LogP contribution in [0.3, 0.4) is 0 Å². The van der Waals surface area contributed by atoms with Gasteiger partial charge in [-0.3, -0.25) is 0 Å². The Morgan fingerprint density at radius 2 is 1.96 bits per heavy atom. The van der Waals surface area contributed by atoms with Crippen molar-refractivity contribution in [2.45, 2.75) is 40.5 Å². The maximum Gasteiger partial charge on any atom is 0.334 e. The predicted octanol–water partition coefficient (Wildman–Crippen LogP) is 3.80. The molecule has 1 fully saturated rings. The third kappa shape index (κ3) is 2.15. The predicted molar refractivity (Wildman–Crippen MR) is 89.5 cm³/mol. The molecule has 0 heterocycles. The van der Waals surface area contributed by atoms with Crippen LogP contribution in [0, 0.1) is 40.9 Å². The fourth-order valence-corrected chi connectivity index (χ4v) is 5.73. The summed E-state index contributed by atoms with van der Waals surface area (Å²) in [7, 11) is 1.43. The molecule has 2 bridgehead atoms. The average molecular weight is 316 g/mol. The lowest BCUT2D eigenvalue weighted by molar-refractivity contribution is -0.139. The molecule has 0 aromatic heterocycles. The summed E-state index contributed by atoms with van der Waals surface area (Å²) in [6.07, 6.45) is 7.53. The second kappa shape index (κ2) is 5.61. The van der Waals surface area contributed by atoms with Gasteiger partial charge in [0, 0.05) is 0 Å². The number of carbonyl (C=O) groups excluding carboxylic acids is 2. The van der Waals surface area contributed by atoms with E-state index in [1.54, 1.807) is 0 Å². The number of ether oxygens (including phenoxy) is 1. The summed E-state index contributed by atoms with van der Waals surface area (Å²) in [6.45, 7) is 8.54. The van der Waals surface area contributed by atoms with Gasteiger partial charge in [0.05, 0.1) is 18.1 Å². The molecule has 23 heavy (non-hydrogen) atoms. The highest BCUT2D eigenvalue weighted by Gasteiger charge is 2.64. The molecule has 0 saturated heterocycles. The summed E-state index contributed by atoms with van der Waals surface area (Å²) in [5.41, 5.74) is 1.20. The van der Waals surface area contributed by atoms with Crippen molar-refractivity contribution in [3.63, 3.8) is 0 Å². The maximum atomic E-state index is 12.7. The van der Waals surface area contributed by atoms with Crippen LogP contribution in [-0.2, 0) is 14.3 Å². The highest BCUT2D eigenvalue weighted by Crippen LogP contribution is 2.66. The number of fused-ring (bicyclic) bond motifs is 5. The van der Waals surface area contributed by atoms with Gasteiger partial charge in [0.1, 0.15) is 6.29 Å². The second-order valence-electron chi connectivity index (χ2n) is 8.23. The SMILES string of the molecule is COC(=O)C1=C(C(C)C)[C@H]2[C@H]([C@H]3C=C[C@@H]2C3)[C@@]1(C=O)CC(C)C. The zero-order valence-corrected chi connectivity index (χ0v) is 14.8. The van der Waals surface area contributed by atoms with Crippen molar-refractivity contribution in [3.05, 3.63) is 23.3 Å². The Balaban J connectivity index is 2.23. The third-order valence-electron chi connectivity index (χ3n) is 6.14. The minimum atomic E-state index is -0.671.